The molecule has 1 heterocycles. The number of amides is 1. The first-order valence-electron chi connectivity index (χ1n) is 6.63. The van der Waals surface area contributed by atoms with Crippen LogP contribution in [0, 0.1) is 5.92 Å². The molecule has 2 unspecified atom stereocenters. The summed E-state index contributed by atoms with van der Waals surface area (Å²) in [5, 5.41) is 3.00. The number of unbranched alkanes of at least 4 members (excludes halogenated alkanes) is 1. The van der Waals surface area contributed by atoms with E-state index in [4.69, 9.17) is 4.74 Å². The van der Waals surface area contributed by atoms with Gasteiger partial charge in [-0.3, -0.25) is 4.79 Å². The summed E-state index contributed by atoms with van der Waals surface area (Å²) >= 11 is 0. The summed E-state index contributed by atoms with van der Waals surface area (Å²) in [5.74, 6) is 0.357. The molecule has 1 saturated heterocycles. The van der Waals surface area contributed by atoms with E-state index in [-0.39, 0.29) is 11.8 Å². The van der Waals surface area contributed by atoms with Gasteiger partial charge in [0, 0.05) is 19.1 Å². The maximum atomic E-state index is 11.7. The highest BCUT2D eigenvalue weighted by Crippen LogP contribution is 2.14. The molecule has 1 N–H and O–H groups in total. The zero-order valence-electron chi connectivity index (χ0n) is 10.6. The van der Waals surface area contributed by atoms with E-state index in [0.29, 0.717) is 6.10 Å². The van der Waals surface area contributed by atoms with E-state index < -0.39 is 0 Å². The van der Waals surface area contributed by atoms with Gasteiger partial charge in [0.25, 0.3) is 0 Å². The molecule has 3 heteroatoms. The number of ether oxygens (including phenoxy) is 1. The summed E-state index contributed by atoms with van der Waals surface area (Å²) in [7, 11) is 0. The smallest absolute Gasteiger partial charge is 0.222 e. The minimum absolute atomic E-state index is 0.157. The summed E-state index contributed by atoms with van der Waals surface area (Å²) in [4.78, 5) is 11.7. The topological polar surface area (TPSA) is 38.3 Å². The van der Waals surface area contributed by atoms with Crippen LogP contribution in [-0.4, -0.2) is 25.2 Å². The van der Waals surface area contributed by atoms with Gasteiger partial charge in [-0.2, -0.15) is 0 Å². The molecule has 0 aromatic heterocycles. The van der Waals surface area contributed by atoms with Crippen molar-refractivity contribution in [1.29, 1.82) is 0 Å². The Morgan fingerprint density at radius 2 is 2.38 bits per heavy atom. The van der Waals surface area contributed by atoms with E-state index in [9.17, 15) is 4.79 Å². The highest BCUT2D eigenvalue weighted by Gasteiger charge is 2.16. The zero-order valence-corrected chi connectivity index (χ0v) is 10.6. The van der Waals surface area contributed by atoms with Gasteiger partial charge < -0.3 is 10.1 Å². The Morgan fingerprint density at radius 1 is 1.56 bits per heavy atom. The number of nitrogens with one attached hydrogen (secondary N) is 1. The van der Waals surface area contributed by atoms with Crippen molar-refractivity contribution in [2.24, 2.45) is 5.92 Å². The van der Waals surface area contributed by atoms with E-state index in [1.807, 2.05) is 6.92 Å². The van der Waals surface area contributed by atoms with Crippen molar-refractivity contribution in [2.75, 3.05) is 13.2 Å². The van der Waals surface area contributed by atoms with Crippen molar-refractivity contribution < 1.29 is 9.53 Å². The van der Waals surface area contributed by atoms with Crippen LogP contribution in [0.5, 0.6) is 0 Å². The van der Waals surface area contributed by atoms with Gasteiger partial charge in [-0.1, -0.05) is 26.7 Å². The number of rotatable bonds is 7. The van der Waals surface area contributed by atoms with Crippen molar-refractivity contribution in [2.45, 2.75) is 58.5 Å². The fourth-order valence-corrected chi connectivity index (χ4v) is 2.04. The van der Waals surface area contributed by atoms with Crippen LogP contribution >= 0.6 is 0 Å². The van der Waals surface area contributed by atoms with Crippen LogP contribution in [0.25, 0.3) is 0 Å². The molecular formula is C13H25NO2. The first kappa shape index (κ1) is 13.5. The minimum Gasteiger partial charge on any atom is -0.378 e. The Hall–Kier alpha value is -0.570. The highest BCUT2D eigenvalue weighted by atomic mass is 16.5. The summed E-state index contributed by atoms with van der Waals surface area (Å²) in [5.41, 5.74) is 0. The van der Waals surface area contributed by atoms with Crippen molar-refractivity contribution in [3.63, 3.8) is 0 Å². The first-order chi connectivity index (χ1) is 7.74. The summed E-state index contributed by atoms with van der Waals surface area (Å²) < 4.78 is 5.51. The predicted molar refractivity (Wildman–Crippen MR) is 65.3 cm³/mol. The van der Waals surface area contributed by atoms with Crippen LogP contribution in [0.4, 0.5) is 0 Å². The zero-order chi connectivity index (χ0) is 11.8. The molecule has 16 heavy (non-hydrogen) atoms. The molecule has 1 aliphatic rings. The second kappa shape index (κ2) is 7.66. The Kier molecular flexibility index (Phi) is 6.46. The van der Waals surface area contributed by atoms with E-state index >= 15 is 0 Å². The SMILES string of the molecule is CCCCC(C)C(=O)NCCC1CCCO1. The van der Waals surface area contributed by atoms with Gasteiger partial charge in [-0.25, -0.2) is 0 Å². The van der Waals surface area contributed by atoms with Gasteiger partial charge in [0.05, 0.1) is 6.10 Å². The van der Waals surface area contributed by atoms with E-state index in [0.717, 1.165) is 45.3 Å². The van der Waals surface area contributed by atoms with E-state index in [1.54, 1.807) is 0 Å². The van der Waals surface area contributed by atoms with Gasteiger partial charge in [-0.05, 0) is 25.7 Å². The molecule has 0 bridgehead atoms. The normalized spacial score (nSPS) is 22.0. The Balaban J connectivity index is 2.04. The Morgan fingerprint density at radius 3 is 3.00 bits per heavy atom. The maximum Gasteiger partial charge on any atom is 0.222 e. The fraction of sp³-hybridized carbons (Fsp3) is 0.923. The van der Waals surface area contributed by atoms with Crippen LogP contribution in [0.15, 0.2) is 0 Å². The lowest BCUT2D eigenvalue weighted by Crippen LogP contribution is -2.31. The number of hydrogen-bond donors (Lipinski definition) is 1. The van der Waals surface area contributed by atoms with Gasteiger partial charge in [-0.15, -0.1) is 0 Å². The third-order valence-corrected chi connectivity index (χ3v) is 3.23. The number of carbonyl (C=O) groups is 1. The van der Waals surface area contributed by atoms with Crippen LogP contribution in [0.1, 0.15) is 52.4 Å². The second-order valence-electron chi connectivity index (χ2n) is 4.76. The van der Waals surface area contributed by atoms with Crippen LogP contribution < -0.4 is 5.32 Å². The molecule has 1 aliphatic heterocycles. The average molecular weight is 227 g/mol. The molecule has 0 spiro atoms. The Labute approximate surface area is 98.9 Å². The molecule has 1 fully saturated rings. The molecule has 3 nitrogen and oxygen atoms in total. The summed E-state index contributed by atoms with van der Waals surface area (Å²) in [6, 6.07) is 0. The molecule has 0 radical (unpaired) electrons. The van der Waals surface area contributed by atoms with Crippen molar-refractivity contribution in [1.82, 2.24) is 5.32 Å². The standard InChI is InChI=1S/C13H25NO2/c1-3-4-6-11(2)13(15)14-9-8-12-7-5-10-16-12/h11-12H,3-10H2,1-2H3,(H,14,15). The van der Waals surface area contributed by atoms with Gasteiger partial charge in [0.1, 0.15) is 0 Å². The Bertz CT molecular complexity index is 200. The van der Waals surface area contributed by atoms with Crippen molar-refractivity contribution in [3.05, 3.63) is 0 Å². The van der Waals surface area contributed by atoms with Crippen LogP contribution in [0.3, 0.4) is 0 Å². The lowest BCUT2D eigenvalue weighted by atomic mass is 10.0. The number of carbonyl (C=O) groups excluding carboxylic acids is 1. The molecule has 2 atom stereocenters. The quantitative estimate of drug-likeness (QED) is 0.725. The molecule has 0 aliphatic carbocycles. The maximum absolute atomic E-state index is 11.7. The molecule has 0 saturated carbocycles. The molecule has 0 aromatic rings. The monoisotopic (exact) mass is 227 g/mol. The molecular weight excluding hydrogens is 202 g/mol. The fourth-order valence-electron chi connectivity index (χ4n) is 2.04. The van der Waals surface area contributed by atoms with Crippen molar-refractivity contribution >= 4 is 5.91 Å². The molecule has 1 amide bonds. The summed E-state index contributed by atoms with van der Waals surface area (Å²) in [6.07, 6.45) is 6.97. The van der Waals surface area contributed by atoms with Crippen molar-refractivity contribution in [3.8, 4) is 0 Å². The third kappa shape index (κ3) is 4.97. The van der Waals surface area contributed by atoms with Gasteiger partial charge in [0.15, 0.2) is 0 Å². The van der Waals surface area contributed by atoms with Crippen LogP contribution in [-0.2, 0) is 9.53 Å². The van der Waals surface area contributed by atoms with E-state index in [1.165, 1.54) is 6.42 Å². The summed E-state index contributed by atoms with van der Waals surface area (Å²) in [6.45, 7) is 5.82. The first-order valence-corrected chi connectivity index (χ1v) is 6.63. The van der Waals surface area contributed by atoms with E-state index in [2.05, 4.69) is 12.2 Å². The molecule has 94 valence electrons. The third-order valence-electron chi connectivity index (χ3n) is 3.23. The highest BCUT2D eigenvalue weighted by molar-refractivity contribution is 5.78. The number of hydrogen-bond acceptors (Lipinski definition) is 2. The van der Waals surface area contributed by atoms with Gasteiger partial charge in [0.2, 0.25) is 5.91 Å². The lowest BCUT2D eigenvalue weighted by Gasteiger charge is -2.13. The van der Waals surface area contributed by atoms with Gasteiger partial charge >= 0.3 is 0 Å². The largest absolute Gasteiger partial charge is 0.378 e. The van der Waals surface area contributed by atoms with Crippen LogP contribution in [0.2, 0.25) is 0 Å². The average Bonchev–Trinajstić information content (AvgIpc) is 2.78. The molecule has 1 rings (SSSR count). The molecule has 0 aromatic carbocycles. The lowest BCUT2D eigenvalue weighted by molar-refractivity contribution is -0.124. The predicted octanol–water partition coefficient (Wildman–Crippen LogP) is 2.50. The minimum atomic E-state index is 0.157. The second-order valence-corrected chi connectivity index (χ2v) is 4.76.